The highest BCUT2D eigenvalue weighted by Crippen LogP contribution is 2.17. The lowest BCUT2D eigenvalue weighted by Crippen LogP contribution is -2.52. The molecule has 0 saturated carbocycles. The normalized spacial score (nSPS) is 12.4. The van der Waals surface area contributed by atoms with Crippen LogP contribution in [0.5, 0.6) is 0 Å². The van der Waals surface area contributed by atoms with Gasteiger partial charge in [0.25, 0.3) is 0 Å². The molecule has 0 bridgehead atoms. The summed E-state index contributed by atoms with van der Waals surface area (Å²) in [6.07, 6.45) is 1.34. The van der Waals surface area contributed by atoms with Crippen molar-refractivity contribution in [2.24, 2.45) is 0 Å². The number of halogens is 1. The van der Waals surface area contributed by atoms with Gasteiger partial charge in [0.1, 0.15) is 6.04 Å². The van der Waals surface area contributed by atoms with Crippen molar-refractivity contribution in [3.63, 3.8) is 0 Å². The zero-order chi connectivity index (χ0) is 23.0. The molecule has 0 saturated heterocycles. The van der Waals surface area contributed by atoms with Crippen LogP contribution in [0.4, 0.5) is 0 Å². The number of amides is 2. The summed E-state index contributed by atoms with van der Waals surface area (Å²) in [6, 6.07) is 15.6. The van der Waals surface area contributed by atoms with E-state index in [1.54, 1.807) is 31.2 Å². The van der Waals surface area contributed by atoms with Crippen molar-refractivity contribution in [2.75, 3.05) is 26.4 Å². The second-order valence-electron chi connectivity index (χ2n) is 7.27. The number of hydrogen-bond acceptors (Lipinski definition) is 4. The molecular formula is C22H28ClN3O4S. The number of likely N-dealkylation sites (N-methyl/N-ethyl adjacent to an activating group) is 2. The molecule has 2 rings (SSSR count). The van der Waals surface area contributed by atoms with E-state index in [0.29, 0.717) is 18.0 Å². The van der Waals surface area contributed by atoms with Gasteiger partial charge in [0.2, 0.25) is 21.8 Å². The molecule has 1 atom stereocenters. The second kappa shape index (κ2) is 11.3. The molecule has 9 heteroatoms. The average molecular weight is 466 g/mol. The molecule has 0 heterocycles. The number of carbonyl (C=O) groups excluding carboxylic acids is 2. The van der Waals surface area contributed by atoms with Crippen LogP contribution in [-0.4, -0.2) is 61.9 Å². The van der Waals surface area contributed by atoms with Gasteiger partial charge >= 0.3 is 0 Å². The number of nitrogens with one attached hydrogen (secondary N) is 1. The molecule has 7 nitrogen and oxygen atoms in total. The van der Waals surface area contributed by atoms with Crippen LogP contribution in [0.1, 0.15) is 18.1 Å². The van der Waals surface area contributed by atoms with Crippen molar-refractivity contribution >= 4 is 33.4 Å². The second-order valence-corrected chi connectivity index (χ2v) is 9.79. The molecule has 0 aliphatic rings. The third-order valence-corrected chi connectivity index (χ3v) is 6.33. The van der Waals surface area contributed by atoms with Crippen LogP contribution < -0.4 is 5.32 Å². The Labute approximate surface area is 189 Å². The fourth-order valence-corrected chi connectivity index (χ4v) is 3.50. The summed E-state index contributed by atoms with van der Waals surface area (Å²) in [5.41, 5.74) is 1.67. The van der Waals surface area contributed by atoms with Gasteiger partial charge in [-0.05, 0) is 30.2 Å². The Morgan fingerprint density at radius 1 is 1.03 bits per heavy atom. The molecule has 0 fully saturated rings. The number of sulfonamides is 1. The van der Waals surface area contributed by atoms with E-state index in [1.807, 2.05) is 30.3 Å². The van der Waals surface area contributed by atoms with Crippen LogP contribution in [0.25, 0.3) is 0 Å². The largest absolute Gasteiger partial charge is 0.355 e. The summed E-state index contributed by atoms with van der Waals surface area (Å²) in [5, 5.41) is 3.35. The van der Waals surface area contributed by atoms with Crippen molar-refractivity contribution in [3.05, 3.63) is 70.7 Å². The molecule has 168 valence electrons. The first-order valence-corrected chi connectivity index (χ1v) is 12.1. The predicted octanol–water partition coefficient (Wildman–Crippen LogP) is 2.31. The van der Waals surface area contributed by atoms with Crippen LogP contribution >= 0.6 is 11.6 Å². The van der Waals surface area contributed by atoms with Gasteiger partial charge in [-0.25, -0.2) is 8.42 Å². The summed E-state index contributed by atoms with van der Waals surface area (Å²) < 4.78 is 24.7. The average Bonchev–Trinajstić information content (AvgIpc) is 2.72. The van der Waals surface area contributed by atoms with Crippen LogP contribution in [0.3, 0.4) is 0 Å². The van der Waals surface area contributed by atoms with Gasteiger partial charge in [-0.15, -0.1) is 0 Å². The third kappa shape index (κ3) is 7.65. The van der Waals surface area contributed by atoms with Gasteiger partial charge < -0.3 is 10.2 Å². The summed E-state index contributed by atoms with van der Waals surface area (Å²) in [7, 11) is -2.22. The van der Waals surface area contributed by atoms with E-state index < -0.39 is 22.0 Å². The van der Waals surface area contributed by atoms with Crippen molar-refractivity contribution in [2.45, 2.75) is 25.9 Å². The standard InChI is InChI=1S/C22H28ClN3O4S/c1-4-24-22(28)20(14-17-8-6-5-7-9-17)26(15-18-10-12-19(23)13-11-18)21(27)16-25(2)31(3,29)30/h5-13,20H,4,14-16H2,1-3H3,(H,24,28). The first-order valence-electron chi connectivity index (χ1n) is 9.88. The number of rotatable bonds is 10. The molecule has 0 radical (unpaired) electrons. The zero-order valence-electron chi connectivity index (χ0n) is 17.9. The van der Waals surface area contributed by atoms with Crippen LogP contribution in [0, 0.1) is 0 Å². The van der Waals surface area contributed by atoms with Crippen LogP contribution in [-0.2, 0) is 32.6 Å². The van der Waals surface area contributed by atoms with E-state index in [0.717, 1.165) is 21.7 Å². The van der Waals surface area contributed by atoms with Gasteiger partial charge in [0.15, 0.2) is 0 Å². The molecule has 31 heavy (non-hydrogen) atoms. The maximum Gasteiger partial charge on any atom is 0.243 e. The molecule has 2 aromatic carbocycles. The summed E-state index contributed by atoms with van der Waals surface area (Å²) in [6.45, 7) is 2.00. The lowest BCUT2D eigenvalue weighted by Gasteiger charge is -2.32. The Bertz CT molecular complexity index is 982. The minimum absolute atomic E-state index is 0.141. The minimum atomic E-state index is -3.56. The lowest BCUT2D eigenvalue weighted by atomic mass is 10.0. The maximum absolute atomic E-state index is 13.2. The molecule has 2 amide bonds. The van der Waals surface area contributed by atoms with Gasteiger partial charge in [-0.1, -0.05) is 54.1 Å². The number of carbonyl (C=O) groups is 2. The van der Waals surface area contributed by atoms with E-state index in [1.165, 1.54) is 11.9 Å². The Hall–Kier alpha value is -2.42. The van der Waals surface area contributed by atoms with Crippen LogP contribution in [0.15, 0.2) is 54.6 Å². The maximum atomic E-state index is 13.2. The lowest BCUT2D eigenvalue weighted by molar-refractivity contribution is -0.141. The molecule has 0 aliphatic heterocycles. The fourth-order valence-electron chi connectivity index (χ4n) is 3.03. The highest BCUT2D eigenvalue weighted by atomic mass is 35.5. The predicted molar refractivity (Wildman–Crippen MR) is 122 cm³/mol. The molecule has 1 unspecified atom stereocenters. The first kappa shape index (κ1) is 24.8. The Balaban J connectivity index is 2.41. The molecule has 0 aromatic heterocycles. The van der Waals surface area contributed by atoms with Gasteiger partial charge in [0, 0.05) is 31.6 Å². The molecular weight excluding hydrogens is 438 g/mol. The van der Waals surface area contributed by atoms with Crippen LogP contribution in [0.2, 0.25) is 5.02 Å². The van der Waals surface area contributed by atoms with E-state index in [-0.39, 0.29) is 19.0 Å². The van der Waals surface area contributed by atoms with Crippen molar-refractivity contribution in [1.29, 1.82) is 0 Å². The van der Waals surface area contributed by atoms with E-state index in [2.05, 4.69) is 5.32 Å². The van der Waals surface area contributed by atoms with Gasteiger partial charge in [0.05, 0.1) is 12.8 Å². The monoisotopic (exact) mass is 465 g/mol. The Kier molecular flexibility index (Phi) is 9.03. The highest BCUT2D eigenvalue weighted by Gasteiger charge is 2.31. The van der Waals surface area contributed by atoms with Gasteiger partial charge in [-0.3, -0.25) is 9.59 Å². The van der Waals surface area contributed by atoms with E-state index >= 15 is 0 Å². The molecule has 2 aromatic rings. The topological polar surface area (TPSA) is 86.8 Å². The van der Waals surface area contributed by atoms with Crippen molar-refractivity contribution in [1.82, 2.24) is 14.5 Å². The van der Waals surface area contributed by atoms with Crippen molar-refractivity contribution in [3.8, 4) is 0 Å². The van der Waals surface area contributed by atoms with E-state index in [4.69, 9.17) is 11.6 Å². The molecule has 1 N–H and O–H groups in total. The zero-order valence-corrected chi connectivity index (χ0v) is 19.5. The molecule has 0 spiro atoms. The Morgan fingerprint density at radius 3 is 2.19 bits per heavy atom. The smallest absolute Gasteiger partial charge is 0.243 e. The van der Waals surface area contributed by atoms with Gasteiger partial charge in [-0.2, -0.15) is 4.31 Å². The quantitative estimate of drug-likeness (QED) is 0.583. The summed E-state index contributed by atoms with van der Waals surface area (Å²) >= 11 is 5.97. The SMILES string of the molecule is CCNC(=O)C(Cc1ccccc1)N(Cc1ccc(Cl)cc1)C(=O)CN(C)S(C)(=O)=O. The Morgan fingerprint density at radius 2 is 1.65 bits per heavy atom. The number of benzene rings is 2. The number of hydrogen-bond donors (Lipinski definition) is 1. The minimum Gasteiger partial charge on any atom is -0.355 e. The fraction of sp³-hybridized carbons (Fsp3) is 0.364. The van der Waals surface area contributed by atoms with Crippen molar-refractivity contribution < 1.29 is 18.0 Å². The van der Waals surface area contributed by atoms with E-state index in [9.17, 15) is 18.0 Å². The highest BCUT2D eigenvalue weighted by molar-refractivity contribution is 7.88. The number of nitrogens with zero attached hydrogens (tertiary/aromatic N) is 2. The first-order chi connectivity index (χ1) is 14.6. The molecule has 0 aliphatic carbocycles. The summed E-state index contributed by atoms with van der Waals surface area (Å²) in [5.74, 6) is -0.759. The third-order valence-electron chi connectivity index (χ3n) is 4.81. The summed E-state index contributed by atoms with van der Waals surface area (Å²) in [4.78, 5) is 27.6.